The van der Waals surface area contributed by atoms with Crippen LogP contribution in [0.15, 0.2) is 36.5 Å². The first-order chi connectivity index (χ1) is 12.1. The lowest BCUT2D eigenvalue weighted by atomic mass is 10.2. The number of hydrogen-bond acceptors (Lipinski definition) is 4. The molecule has 0 radical (unpaired) electrons. The standard InChI is InChI=1S/C17H14Cl2FN5/c18-12-4-3-11(13(19)8-12)9-24-6-7-25-15(10-24)22-23-17(25)16-14(20)2-1-5-21-16/h1-5,8H,6-7,9-10H2. The van der Waals surface area contributed by atoms with Gasteiger partial charge >= 0.3 is 0 Å². The average molecular weight is 378 g/mol. The van der Waals surface area contributed by atoms with Crippen LogP contribution in [0.1, 0.15) is 11.4 Å². The van der Waals surface area contributed by atoms with Crippen molar-refractivity contribution in [3.8, 4) is 11.5 Å². The predicted molar refractivity (Wildman–Crippen MR) is 93.8 cm³/mol. The molecule has 1 aliphatic rings. The maximum absolute atomic E-state index is 14.0. The molecule has 0 N–H and O–H groups in total. The van der Waals surface area contributed by atoms with Gasteiger partial charge in [-0.15, -0.1) is 10.2 Å². The van der Waals surface area contributed by atoms with Gasteiger partial charge in [0.15, 0.2) is 11.6 Å². The number of benzene rings is 1. The molecular weight excluding hydrogens is 364 g/mol. The van der Waals surface area contributed by atoms with E-state index in [1.165, 1.54) is 6.07 Å². The van der Waals surface area contributed by atoms with Crippen LogP contribution in [0, 0.1) is 5.82 Å². The highest BCUT2D eigenvalue weighted by Gasteiger charge is 2.24. The molecule has 3 aromatic rings. The highest BCUT2D eigenvalue weighted by Crippen LogP contribution is 2.26. The van der Waals surface area contributed by atoms with Crippen LogP contribution in [0.2, 0.25) is 10.0 Å². The molecule has 1 aliphatic heterocycles. The number of fused-ring (bicyclic) bond motifs is 1. The van der Waals surface area contributed by atoms with Crippen LogP contribution in [-0.4, -0.2) is 31.2 Å². The van der Waals surface area contributed by atoms with Gasteiger partial charge in [0, 0.05) is 35.9 Å². The molecule has 0 atom stereocenters. The summed E-state index contributed by atoms with van der Waals surface area (Å²) in [6, 6.07) is 8.44. The molecule has 0 saturated heterocycles. The van der Waals surface area contributed by atoms with Crippen LogP contribution in [-0.2, 0) is 19.6 Å². The van der Waals surface area contributed by atoms with E-state index in [1.54, 1.807) is 18.3 Å². The van der Waals surface area contributed by atoms with E-state index in [2.05, 4.69) is 20.1 Å². The summed E-state index contributed by atoms with van der Waals surface area (Å²) < 4.78 is 15.9. The SMILES string of the molecule is Fc1cccnc1-c1nnc2n1CCN(Cc1ccc(Cl)cc1Cl)C2. The van der Waals surface area contributed by atoms with Gasteiger partial charge < -0.3 is 4.57 Å². The Kier molecular flexibility index (Phi) is 4.41. The fourth-order valence-corrected chi connectivity index (χ4v) is 3.43. The molecule has 0 spiro atoms. The van der Waals surface area contributed by atoms with Crippen molar-refractivity contribution in [3.05, 3.63) is 63.8 Å². The quantitative estimate of drug-likeness (QED) is 0.696. The van der Waals surface area contributed by atoms with Crippen molar-refractivity contribution in [3.63, 3.8) is 0 Å². The Labute approximate surface area is 154 Å². The Bertz CT molecular complexity index is 927. The molecule has 0 bridgehead atoms. The van der Waals surface area contributed by atoms with E-state index >= 15 is 0 Å². The monoisotopic (exact) mass is 377 g/mol. The van der Waals surface area contributed by atoms with Gasteiger partial charge in [-0.25, -0.2) is 9.37 Å². The first-order valence-corrected chi connectivity index (χ1v) is 8.56. The average Bonchev–Trinajstić information content (AvgIpc) is 3.01. The van der Waals surface area contributed by atoms with Gasteiger partial charge in [-0.3, -0.25) is 4.90 Å². The van der Waals surface area contributed by atoms with Gasteiger partial charge in [-0.05, 0) is 29.8 Å². The van der Waals surface area contributed by atoms with Crippen molar-refractivity contribution in [1.29, 1.82) is 0 Å². The molecule has 8 heteroatoms. The summed E-state index contributed by atoms with van der Waals surface area (Å²) in [5.41, 5.74) is 1.24. The van der Waals surface area contributed by atoms with E-state index < -0.39 is 5.82 Å². The lowest BCUT2D eigenvalue weighted by molar-refractivity contribution is 0.209. The number of halogens is 3. The Balaban J connectivity index is 1.56. The van der Waals surface area contributed by atoms with E-state index in [1.807, 2.05) is 16.7 Å². The van der Waals surface area contributed by atoms with Gasteiger partial charge in [-0.1, -0.05) is 29.3 Å². The minimum absolute atomic E-state index is 0.232. The number of pyridine rings is 1. The molecule has 0 aliphatic carbocycles. The minimum Gasteiger partial charge on any atom is -0.307 e. The molecule has 3 heterocycles. The van der Waals surface area contributed by atoms with Gasteiger partial charge in [0.25, 0.3) is 0 Å². The third-order valence-corrected chi connectivity index (χ3v) is 4.80. The molecule has 4 rings (SSSR count). The Hall–Kier alpha value is -2.02. The second-order valence-electron chi connectivity index (χ2n) is 5.87. The minimum atomic E-state index is -0.395. The van der Waals surface area contributed by atoms with Gasteiger partial charge in [0.05, 0.1) is 6.54 Å². The molecule has 0 fully saturated rings. The van der Waals surface area contributed by atoms with Crippen LogP contribution in [0.25, 0.3) is 11.5 Å². The lowest BCUT2D eigenvalue weighted by Gasteiger charge is -2.28. The van der Waals surface area contributed by atoms with Crippen molar-refractivity contribution >= 4 is 23.2 Å². The van der Waals surface area contributed by atoms with Gasteiger partial charge in [0.1, 0.15) is 11.5 Å². The fourth-order valence-electron chi connectivity index (χ4n) is 2.96. The Morgan fingerprint density at radius 1 is 1.12 bits per heavy atom. The fraction of sp³-hybridized carbons (Fsp3) is 0.235. The van der Waals surface area contributed by atoms with Crippen molar-refractivity contribution in [2.45, 2.75) is 19.6 Å². The summed E-state index contributed by atoms with van der Waals surface area (Å²) in [5.74, 6) is 0.863. The van der Waals surface area contributed by atoms with E-state index in [0.29, 0.717) is 35.5 Å². The highest BCUT2D eigenvalue weighted by atomic mass is 35.5. The first-order valence-electron chi connectivity index (χ1n) is 7.81. The van der Waals surface area contributed by atoms with E-state index in [9.17, 15) is 4.39 Å². The maximum atomic E-state index is 14.0. The van der Waals surface area contributed by atoms with Gasteiger partial charge in [0.2, 0.25) is 0 Å². The predicted octanol–water partition coefficient (Wildman–Crippen LogP) is 3.80. The highest BCUT2D eigenvalue weighted by molar-refractivity contribution is 6.35. The zero-order chi connectivity index (χ0) is 17.4. The number of nitrogens with zero attached hydrogens (tertiary/aromatic N) is 5. The number of hydrogen-bond donors (Lipinski definition) is 0. The second-order valence-corrected chi connectivity index (χ2v) is 6.72. The van der Waals surface area contributed by atoms with E-state index in [0.717, 1.165) is 17.9 Å². The second kappa shape index (κ2) is 6.71. The topological polar surface area (TPSA) is 46.8 Å². The van der Waals surface area contributed by atoms with E-state index in [-0.39, 0.29) is 5.69 Å². The van der Waals surface area contributed by atoms with Crippen LogP contribution < -0.4 is 0 Å². The zero-order valence-electron chi connectivity index (χ0n) is 13.2. The Morgan fingerprint density at radius 3 is 2.80 bits per heavy atom. The van der Waals surface area contributed by atoms with Crippen molar-refractivity contribution in [2.24, 2.45) is 0 Å². The van der Waals surface area contributed by atoms with Crippen LogP contribution >= 0.6 is 23.2 Å². The van der Waals surface area contributed by atoms with Crippen molar-refractivity contribution in [1.82, 2.24) is 24.6 Å². The summed E-state index contributed by atoms with van der Waals surface area (Å²) >= 11 is 12.2. The summed E-state index contributed by atoms with van der Waals surface area (Å²) in [6.45, 7) is 2.75. The maximum Gasteiger partial charge on any atom is 0.185 e. The summed E-state index contributed by atoms with van der Waals surface area (Å²) in [5, 5.41) is 9.62. The summed E-state index contributed by atoms with van der Waals surface area (Å²) in [4.78, 5) is 6.31. The Morgan fingerprint density at radius 2 is 2.00 bits per heavy atom. The molecule has 2 aromatic heterocycles. The van der Waals surface area contributed by atoms with E-state index in [4.69, 9.17) is 23.2 Å². The largest absolute Gasteiger partial charge is 0.307 e. The van der Waals surface area contributed by atoms with Gasteiger partial charge in [-0.2, -0.15) is 0 Å². The smallest absolute Gasteiger partial charge is 0.185 e. The lowest BCUT2D eigenvalue weighted by Crippen LogP contribution is -2.33. The third kappa shape index (κ3) is 3.25. The number of rotatable bonds is 3. The molecular formula is C17H14Cl2FN5. The summed E-state index contributed by atoms with van der Waals surface area (Å²) in [6.07, 6.45) is 1.55. The molecule has 25 heavy (non-hydrogen) atoms. The zero-order valence-corrected chi connectivity index (χ0v) is 14.7. The summed E-state index contributed by atoms with van der Waals surface area (Å²) in [7, 11) is 0. The molecule has 0 amide bonds. The number of aromatic nitrogens is 4. The molecule has 1 aromatic carbocycles. The normalized spacial score (nSPS) is 14.5. The molecule has 0 saturated carbocycles. The van der Waals surface area contributed by atoms with Crippen molar-refractivity contribution in [2.75, 3.05) is 6.54 Å². The van der Waals surface area contributed by atoms with Crippen molar-refractivity contribution < 1.29 is 4.39 Å². The molecule has 128 valence electrons. The van der Waals surface area contributed by atoms with Crippen LogP contribution in [0.3, 0.4) is 0 Å². The van der Waals surface area contributed by atoms with Crippen LogP contribution in [0.5, 0.6) is 0 Å². The first kappa shape index (κ1) is 16.4. The third-order valence-electron chi connectivity index (χ3n) is 4.21. The molecule has 0 unspecified atom stereocenters. The molecule has 5 nitrogen and oxygen atoms in total. The van der Waals surface area contributed by atoms with Crippen LogP contribution in [0.4, 0.5) is 4.39 Å².